The maximum Gasteiger partial charge on any atom is 0.415 e. The fourth-order valence-electron chi connectivity index (χ4n) is 9.30. The van der Waals surface area contributed by atoms with E-state index in [0.29, 0.717) is 73.9 Å². The molecule has 3 aliphatic carbocycles. The summed E-state index contributed by atoms with van der Waals surface area (Å²) < 4.78 is 42.9. The number of likely N-dealkylation sites (tertiary alicyclic amines) is 1. The Labute approximate surface area is 344 Å². The predicted octanol–water partition coefficient (Wildman–Crippen LogP) is 8.38. The van der Waals surface area contributed by atoms with E-state index in [2.05, 4.69) is 59.4 Å². The van der Waals surface area contributed by atoms with E-state index in [9.17, 15) is 23.5 Å². The van der Waals surface area contributed by atoms with Crippen LogP contribution in [0.25, 0.3) is 0 Å². The molecule has 2 aliphatic heterocycles. The maximum absolute atomic E-state index is 13.0. The fourth-order valence-corrected chi connectivity index (χ4v) is 9.46. The van der Waals surface area contributed by atoms with E-state index in [4.69, 9.17) is 29.9 Å². The van der Waals surface area contributed by atoms with Crippen molar-refractivity contribution in [1.82, 2.24) is 9.80 Å². The van der Waals surface area contributed by atoms with Crippen LogP contribution in [-0.2, 0) is 20.7 Å². The minimum atomic E-state index is -3.00. The second-order valence-electron chi connectivity index (χ2n) is 17.9. The van der Waals surface area contributed by atoms with E-state index >= 15 is 0 Å². The van der Waals surface area contributed by atoms with Gasteiger partial charge in [0, 0.05) is 32.1 Å². The van der Waals surface area contributed by atoms with Crippen molar-refractivity contribution in [2.24, 2.45) is 22.7 Å². The summed E-state index contributed by atoms with van der Waals surface area (Å²) in [6.45, 7) is 15.8. The van der Waals surface area contributed by atoms with Crippen LogP contribution in [0.5, 0.6) is 5.75 Å². The van der Waals surface area contributed by atoms with Crippen LogP contribution in [0.15, 0.2) is 18.2 Å². The summed E-state index contributed by atoms with van der Waals surface area (Å²) in [7, 11) is 10.1. The van der Waals surface area contributed by atoms with Crippen LogP contribution in [0.1, 0.15) is 129 Å². The lowest BCUT2D eigenvalue weighted by molar-refractivity contribution is -0.146. The molecule has 2 amide bonds. The SMILES string of the molecule is CC12CCC3c4ccc(OC(=O)N5CCC(N6CCOCC6=O)CC5)cc4CCC3C1CCC2OCCO.CCC(C)(C)CC.[B]C([B])(C)C(F)(F)CCCS. The van der Waals surface area contributed by atoms with Crippen LogP contribution < -0.4 is 4.74 Å². The standard InChI is InChI=1S/C30H42N2O6.C7H16.C6H10B2F2S/c1-30-11-8-24-23-5-3-22(18-20(23)2-4-25(24)26(30)6-7-27(30)37-17-15-33)38-29(35)31-12-9-21(10-13-31)32-14-16-36-19-28(32)34;1-5-7(3,4)6-2;1-5(7,8)6(9,10)3-2-4-11/h3,5,18,21,24-27,33H,2,4,6-17,19H2,1H3;5-6H2,1-4H3;11H,2-4H2,1H3. The van der Waals surface area contributed by atoms with E-state index in [1.807, 2.05) is 11.0 Å². The van der Waals surface area contributed by atoms with Gasteiger partial charge in [-0.2, -0.15) is 12.6 Å². The lowest BCUT2D eigenvalue weighted by Crippen LogP contribution is -2.52. The number of carbonyl (C=O) groups is 2. The Morgan fingerprint density at radius 3 is 2.34 bits per heavy atom. The summed E-state index contributed by atoms with van der Waals surface area (Å²) in [5, 5.41) is 7.33. The molecule has 0 spiro atoms. The third-order valence-electron chi connectivity index (χ3n) is 13.8. The number of amides is 2. The van der Waals surface area contributed by atoms with Gasteiger partial charge in [0.25, 0.3) is 0 Å². The van der Waals surface area contributed by atoms with Crippen molar-refractivity contribution < 1.29 is 37.7 Å². The Balaban J connectivity index is 0.000000323. The number of carbonyl (C=O) groups excluding carboxylic acids is 2. The number of fused-ring (bicyclic) bond motifs is 5. The van der Waals surface area contributed by atoms with Crippen molar-refractivity contribution in [3.05, 3.63) is 29.3 Å². The maximum atomic E-state index is 13.0. The van der Waals surface area contributed by atoms with Crippen LogP contribution in [0, 0.1) is 22.7 Å². The molecule has 5 unspecified atom stereocenters. The normalized spacial score (nSPS) is 26.9. The van der Waals surface area contributed by atoms with Crippen molar-refractivity contribution in [3.8, 4) is 5.75 Å². The van der Waals surface area contributed by atoms with Crippen molar-refractivity contribution >= 4 is 40.3 Å². The second kappa shape index (κ2) is 20.4. The zero-order chi connectivity index (χ0) is 41.3. The summed E-state index contributed by atoms with van der Waals surface area (Å²) in [5.41, 5.74) is 3.57. The number of piperidine rings is 1. The molecular formula is C43H68B2F2N2O6S. The minimum Gasteiger partial charge on any atom is -0.410 e. The number of aliphatic hydroxyl groups excluding tert-OH is 1. The molecule has 1 aromatic rings. The molecular weight excluding hydrogens is 732 g/mol. The number of morpholine rings is 1. The van der Waals surface area contributed by atoms with Gasteiger partial charge in [0.1, 0.15) is 12.4 Å². The molecule has 5 atom stereocenters. The molecule has 4 radical (unpaired) electrons. The number of aryl methyl sites for hydroxylation is 1. The van der Waals surface area contributed by atoms with E-state index in [-0.39, 0.29) is 49.2 Å². The Morgan fingerprint density at radius 1 is 1.05 bits per heavy atom. The Hall–Kier alpha value is -1.82. The number of nitrogens with zero attached hydrogens (tertiary/aromatic N) is 2. The molecule has 0 aromatic heterocycles. The first-order chi connectivity index (χ1) is 26.4. The lowest BCUT2D eigenvalue weighted by atomic mass is 9.51. The average Bonchev–Trinajstić information content (AvgIpc) is 3.52. The van der Waals surface area contributed by atoms with Crippen molar-refractivity contribution in [2.45, 2.75) is 148 Å². The summed E-state index contributed by atoms with van der Waals surface area (Å²) in [5.74, 6) is 0.0282. The Morgan fingerprint density at radius 2 is 1.75 bits per heavy atom. The van der Waals surface area contributed by atoms with Gasteiger partial charge in [-0.3, -0.25) is 4.79 Å². The van der Waals surface area contributed by atoms with Gasteiger partial charge in [-0.15, -0.1) is 0 Å². The van der Waals surface area contributed by atoms with Gasteiger partial charge in [0.05, 0.1) is 41.6 Å². The number of hydrogen-bond donors (Lipinski definition) is 2. The molecule has 56 heavy (non-hydrogen) atoms. The van der Waals surface area contributed by atoms with Crippen molar-refractivity contribution in [2.75, 3.05) is 51.8 Å². The zero-order valence-electron chi connectivity index (χ0n) is 35.0. The number of thiol groups is 1. The van der Waals surface area contributed by atoms with Crippen molar-refractivity contribution in [3.63, 3.8) is 0 Å². The molecule has 13 heteroatoms. The largest absolute Gasteiger partial charge is 0.415 e. The highest BCUT2D eigenvalue weighted by atomic mass is 32.1. The third-order valence-corrected chi connectivity index (χ3v) is 14.1. The Kier molecular flexibility index (Phi) is 17.1. The number of hydrogen-bond acceptors (Lipinski definition) is 7. The number of ether oxygens (including phenoxy) is 3. The molecule has 4 fully saturated rings. The molecule has 1 N–H and O–H groups in total. The summed E-state index contributed by atoms with van der Waals surface area (Å²) in [6, 6.07) is 6.47. The lowest BCUT2D eigenvalue weighted by Gasteiger charge is -2.50. The smallest absolute Gasteiger partial charge is 0.410 e. The average molecular weight is 801 g/mol. The molecule has 1 aromatic carbocycles. The second-order valence-corrected chi connectivity index (χ2v) is 18.3. The Bertz CT molecular complexity index is 1420. The van der Waals surface area contributed by atoms with Gasteiger partial charge < -0.3 is 29.1 Å². The van der Waals surface area contributed by atoms with Gasteiger partial charge in [0.15, 0.2) is 0 Å². The summed E-state index contributed by atoms with van der Waals surface area (Å²) in [4.78, 5) is 28.8. The first-order valence-corrected chi connectivity index (χ1v) is 21.8. The number of halogens is 2. The van der Waals surface area contributed by atoms with Gasteiger partial charge >= 0.3 is 6.09 Å². The molecule has 8 nitrogen and oxygen atoms in total. The molecule has 312 valence electrons. The first-order valence-electron chi connectivity index (χ1n) is 21.2. The van der Waals surface area contributed by atoms with E-state index < -0.39 is 11.1 Å². The molecule has 2 saturated heterocycles. The van der Waals surface area contributed by atoms with Gasteiger partial charge in [-0.25, -0.2) is 13.6 Å². The van der Waals surface area contributed by atoms with Gasteiger partial charge in [0.2, 0.25) is 11.8 Å². The van der Waals surface area contributed by atoms with Gasteiger partial charge in [-0.1, -0.05) is 60.5 Å². The van der Waals surface area contributed by atoms with Crippen LogP contribution in [0.2, 0.25) is 5.21 Å². The summed E-state index contributed by atoms with van der Waals surface area (Å²) in [6.07, 6.45) is 11.0. The highest BCUT2D eigenvalue weighted by Crippen LogP contribution is 2.61. The van der Waals surface area contributed by atoms with Crippen LogP contribution >= 0.6 is 12.6 Å². The van der Waals surface area contributed by atoms with Crippen LogP contribution in [0.4, 0.5) is 13.6 Å². The monoisotopic (exact) mass is 800 g/mol. The topological polar surface area (TPSA) is 88.5 Å². The third kappa shape index (κ3) is 11.7. The van der Waals surface area contributed by atoms with E-state index in [0.717, 1.165) is 39.0 Å². The molecule has 2 saturated carbocycles. The highest BCUT2D eigenvalue weighted by molar-refractivity contribution is 7.80. The van der Waals surface area contributed by atoms with E-state index in [1.54, 1.807) is 4.90 Å². The van der Waals surface area contributed by atoms with Crippen LogP contribution in [0.3, 0.4) is 0 Å². The number of aliphatic hydroxyl groups is 1. The van der Waals surface area contributed by atoms with Gasteiger partial charge in [-0.05, 0) is 121 Å². The summed E-state index contributed by atoms with van der Waals surface area (Å²) >= 11 is 3.81. The van der Waals surface area contributed by atoms with Crippen molar-refractivity contribution in [1.29, 1.82) is 0 Å². The number of alkyl halides is 2. The molecule has 2 heterocycles. The first kappa shape index (κ1) is 46.9. The predicted molar refractivity (Wildman–Crippen MR) is 223 cm³/mol. The highest BCUT2D eigenvalue weighted by Gasteiger charge is 2.55. The van der Waals surface area contributed by atoms with E-state index in [1.165, 1.54) is 43.2 Å². The number of benzene rings is 1. The number of rotatable bonds is 11. The zero-order valence-corrected chi connectivity index (χ0v) is 35.9. The molecule has 5 aliphatic rings. The fraction of sp³-hybridized carbons (Fsp3) is 0.814. The minimum absolute atomic E-state index is 0.0546. The molecule has 6 rings (SSSR count). The van der Waals surface area contributed by atoms with Crippen LogP contribution in [-0.4, -0.2) is 112 Å². The quantitative estimate of drug-likeness (QED) is 0.173. The molecule has 0 bridgehead atoms.